The molecule has 1 spiro atoms. The molecule has 2 saturated heterocycles. The minimum Gasteiger partial charge on any atom is -0.393 e. The molecule has 3 unspecified atom stereocenters. The van der Waals surface area contributed by atoms with Crippen LogP contribution in [0, 0.1) is 52.8 Å². The minimum atomic E-state index is -0.257. The second kappa shape index (κ2) is 6.69. The van der Waals surface area contributed by atoms with Crippen LogP contribution in [0.1, 0.15) is 85.0 Å². The van der Waals surface area contributed by atoms with Gasteiger partial charge in [-0.3, -0.25) is 0 Å². The Morgan fingerprint density at radius 1 is 0.862 bits per heavy atom. The zero-order valence-electron chi connectivity index (χ0n) is 18.8. The van der Waals surface area contributed by atoms with Crippen molar-refractivity contribution in [1.29, 1.82) is 0 Å². The predicted octanol–water partition coefficient (Wildman–Crippen LogP) is 5.40. The summed E-state index contributed by atoms with van der Waals surface area (Å²) >= 11 is 0. The Kier molecular flexibility index (Phi) is 4.51. The molecule has 2 heterocycles. The van der Waals surface area contributed by atoms with Gasteiger partial charge in [0.25, 0.3) is 0 Å². The summed E-state index contributed by atoms with van der Waals surface area (Å²) in [5.41, 5.74) is 0.487. The van der Waals surface area contributed by atoms with Crippen molar-refractivity contribution in [2.24, 2.45) is 52.8 Å². The van der Waals surface area contributed by atoms with Gasteiger partial charge in [0, 0.05) is 12.3 Å². The number of fused-ring (bicyclic) bond motifs is 7. The van der Waals surface area contributed by atoms with E-state index < -0.39 is 0 Å². The highest BCUT2D eigenvalue weighted by atomic mass is 16.7. The first-order valence-electron chi connectivity index (χ1n) is 12.9. The molecule has 164 valence electrons. The van der Waals surface area contributed by atoms with Crippen molar-refractivity contribution in [2.75, 3.05) is 6.61 Å². The zero-order chi connectivity index (χ0) is 20.0. The summed E-state index contributed by atoms with van der Waals surface area (Å²) in [4.78, 5) is 0. The first-order valence-corrected chi connectivity index (χ1v) is 12.9. The van der Waals surface area contributed by atoms with Gasteiger partial charge < -0.3 is 14.6 Å². The smallest absolute Gasteiger partial charge is 0.171 e. The van der Waals surface area contributed by atoms with E-state index in [4.69, 9.17) is 9.47 Å². The fourth-order valence-electron chi connectivity index (χ4n) is 9.72. The van der Waals surface area contributed by atoms with Gasteiger partial charge in [-0.2, -0.15) is 0 Å². The summed E-state index contributed by atoms with van der Waals surface area (Å²) in [6.07, 6.45) is 13.0. The van der Waals surface area contributed by atoms with Crippen molar-refractivity contribution < 1.29 is 14.6 Å². The Morgan fingerprint density at radius 3 is 2.48 bits per heavy atom. The maximum Gasteiger partial charge on any atom is 0.171 e. The lowest BCUT2D eigenvalue weighted by atomic mass is 9.46. The highest BCUT2D eigenvalue weighted by Crippen LogP contribution is 2.67. The van der Waals surface area contributed by atoms with Gasteiger partial charge in [-0.15, -0.1) is 0 Å². The molecule has 3 heteroatoms. The molecule has 4 aliphatic carbocycles. The Bertz CT molecular complexity index is 640. The van der Waals surface area contributed by atoms with Gasteiger partial charge in [-0.25, -0.2) is 0 Å². The van der Waals surface area contributed by atoms with Crippen LogP contribution < -0.4 is 0 Å². The molecule has 3 nitrogen and oxygen atoms in total. The van der Waals surface area contributed by atoms with Crippen LogP contribution in [0.5, 0.6) is 0 Å². The molecular weight excluding hydrogens is 360 g/mol. The Labute approximate surface area is 177 Å². The summed E-state index contributed by atoms with van der Waals surface area (Å²) in [7, 11) is 0. The molecule has 6 aliphatic rings. The maximum absolute atomic E-state index is 10.3. The van der Waals surface area contributed by atoms with Gasteiger partial charge in [0.1, 0.15) is 0 Å². The first kappa shape index (κ1) is 19.6. The molecule has 1 N–H and O–H groups in total. The average molecular weight is 403 g/mol. The first-order chi connectivity index (χ1) is 13.9. The zero-order valence-corrected chi connectivity index (χ0v) is 18.8. The fourth-order valence-corrected chi connectivity index (χ4v) is 9.72. The molecule has 12 atom stereocenters. The molecule has 6 rings (SSSR count). The highest BCUT2D eigenvalue weighted by Gasteiger charge is 2.65. The van der Waals surface area contributed by atoms with E-state index in [1.54, 1.807) is 0 Å². The third-order valence-corrected chi connectivity index (χ3v) is 11.3. The Morgan fingerprint density at radius 2 is 1.69 bits per heavy atom. The fraction of sp³-hybridized carbons (Fsp3) is 1.00. The van der Waals surface area contributed by atoms with Gasteiger partial charge in [-0.1, -0.05) is 20.8 Å². The topological polar surface area (TPSA) is 38.7 Å². The lowest BCUT2D eigenvalue weighted by Crippen LogP contribution is -2.52. The average Bonchev–Trinajstić information content (AvgIpc) is 3.19. The number of aliphatic hydroxyl groups excluding tert-OH is 1. The summed E-state index contributed by atoms with van der Waals surface area (Å²) in [5.74, 6) is 6.04. The highest BCUT2D eigenvalue weighted by molar-refractivity contribution is 5.11. The van der Waals surface area contributed by atoms with Crippen LogP contribution in [-0.4, -0.2) is 29.7 Å². The lowest BCUT2D eigenvalue weighted by Gasteiger charge is -2.59. The number of hydrogen-bond donors (Lipinski definition) is 1. The van der Waals surface area contributed by atoms with E-state index in [0.717, 1.165) is 61.4 Å². The van der Waals surface area contributed by atoms with E-state index in [1.807, 2.05) is 0 Å². The minimum absolute atomic E-state index is 0.0320. The van der Waals surface area contributed by atoms with E-state index in [2.05, 4.69) is 20.8 Å². The molecule has 0 bridgehead atoms. The SMILES string of the molecule is CC1CC[C@@]2(OC1)O[C@H]1C[C@@H]3[C@H](CC[C@H]4[C@H]3CCC3CC(O)CC[C@@]34C)[C@H]1[C@@H]2C. The summed E-state index contributed by atoms with van der Waals surface area (Å²) < 4.78 is 13.3. The van der Waals surface area contributed by atoms with Crippen LogP contribution in [0.4, 0.5) is 0 Å². The van der Waals surface area contributed by atoms with Gasteiger partial charge in [0.2, 0.25) is 0 Å². The lowest BCUT2D eigenvalue weighted by molar-refractivity contribution is -0.272. The largest absolute Gasteiger partial charge is 0.393 e. The third-order valence-electron chi connectivity index (χ3n) is 11.3. The number of ether oxygens (including phenoxy) is 2. The molecule has 0 amide bonds. The summed E-state index contributed by atoms with van der Waals surface area (Å²) in [6.45, 7) is 8.25. The quantitative estimate of drug-likeness (QED) is 0.589. The molecule has 0 aromatic heterocycles. The van der Waals surface area contributed by atoms with E-state index in [-0.39, 0.29) is 11.9 Å². The number of aliphatic hydroxyl groups is 1. The van der Waals surface area contributed by atoms with Gasteiger partial charge in [0.05, 0.1) is 18.8 Å². The molecule has 0 aromatic carbocycles. The molecule has 0 aromatic rings. The van der Waals surface area contributed by atoms with Crippen molar-refractivity contribution in [2.45, 2.75) is 103 Å². The number of hydrogen-bond acceptors (Lipinski definition) is 3. The molecule has 0 radical (unpaired) electrons. The van der Waals surface area contributed by atoms with Gasteiger partial charge >= 0.3 is 0 Å². The van der Waals surface area contributed by atoms with Crippen molar-refractivity contribution in [1.82, 2.24) is 0 Å². The molecule has 2 aliphatic heterocycles. The normalized spacial score (nSPS) is 61.7. The van der Waals surface area contributed by atoms with E-state index in [0.29, 0.717) is 23.4 Å². The maximum atomic E-state index is 10.3. The monoisotopic (exact) mass is 402 g/mol. The van der Waals surface area contributed by atoms with Gasteiger partial charge in [0.15, 0.2) is 5.79 Å². The van der Waals surface area contributed by atoms with Crippen molar-refractivity contribution in [3.05, 3.63) is 0 Å². The predicted molar refractivity (Wildman–Crippen MR) is 113 cm³/mol. The summed E-state index contributed by atoms with van der Waals surface area (Å²) in [5, 5.41) is 10.3. The third kappa shape index (κ3) is 2.72. The van der Waals surface area contributed by atoms with Crippen molar-refractivity contribution in [3.63, 3.8) is 0 Å². The van der Waals surface area contributed by atoms with E-state index in [1.165, 1.54) is 44.9 Å². The van der Waals surface area contributed by atoms with Crippen molar-refractivity contribution >= 4 is 0 Å². The van der Waals surface area contributed by atoms with Crippen LogP contribution in [0.15, 0.2) is 0 Å². The summed E-state index contributed by atoms with van der Waals surface area (Å²) in [6, 6.07) is 0. The Balaban J connectivity index is 1.22. The number of rotatable bonds is 0. The second-order valence-electron chi connectivity index (χ2n) is 12.4. The molecular formula is C26H42O3. The van der Waals surface area contributed by atoms with Crippen molar-refractivity contribution in [3.8, 4) is 0 Å². The van der Waals surface area contributed by atoms with Crippen LogP contribution in [0.25, 0.3) is 0 Å². The van der Waals surface area contributed by atoms with E-state index in [9.17, 15) is 5.11 Å². The van der Waals surface area contributed by atoms with Crippen LogP contribution in [-0.2, 0) is 9.47 Å². The molecule has 29 heavy (non-hydrogen) atoms. The molecule has 6 fully saturated rings. The molecule has 4 saturated carbocycles. The standard InChI is InChI=1S/C26H42O3/c1-15-8-11-26(28-14-15)16(2)24-20-6-7-22-19(21(20)13-23(24)29-26)5-4-17-12-18(27)9-10-25(17,22)3/h15-24,27H,4-14H2,1-3H3/t15?,16-,17?,18?,19-,20-,21-,22-,23-,24+,25-,26+/m0/s1. The van der Waals surface area contributed by atoms with Crippen LogP contribution in [0.2, 0.25) is 0 Å². The van der Waals surface area contributed by atoms with Gasteiger partial charge in [-0.05, 0) is 105 Å². The van der Waals surface area contributed by atoms with Crippen LogP contribution in [0.3, 0.4) is 0 Å². The van der Waals surface area contributed by atoms with Crippen LogP contribution >= 0.6 is 0 Å². The van der Waals surface area contributed by atoms with E-state index >= 15 is 0 Å². The second-order valence-corrected chi connectivity index (χ2v) is 12.4. The Hall–Kier alpha value is -0.120.